The lowest BCUT2D eigenvalue weighted by Gasteiger charge is -2.22. The summed E-state index contributed by atoms with van der Waals surface area (Å²) >= 11 is 0. The molecule has 2 amide bonds. The molecule has 3 unspecified atom stereocenters. The molecular formula is C21H24N2O4. The van der Waals surface area contributed by atoms with Gasteiger partial charge in [-0.1, -0.05) is 48.5 Å². The summed E-state index contributed by atoms with van der Waals surface area (Å²) in [5.74, 6) is -2.27. The molecule has 3 N–H and O–H groups in total. The minimum Gasteiger partial charge on any atom is -0.481 e. The van der Waals surface area contributed by atoms with E-state index in [-0.39, 0.29) is 18.2 Å². The Kier molecular flexibility index (Phi) is 7.11. The van der Waals surface area contributed by atoms with Crippen molar-refractivity contribution in [1.82, 2.24) is 10.6 Å². The topological polar surface area (TPSA) is 95.5 Å². The molecule has 2 aromatic rings. The molecule has 6 heteroatoms. The molecule has 0 spiro atoms. The second-order valence-electron chi connectivity index (χ2n) is 6.49. The van der Waals surface area contributed by atoms with E-state index < -0.39 is 24.0 Å². The second-order valence-corrected chi connectivity index (χ2v) is 6.49. The SMILES string of the molecule is CC(NC(=O)CC(NC(=O)c1ccccc1)c1ccccc1)C(C)C(=O)O. The predicted octanol–water partition coefficient (Wildman–Crippen LogP) is 2.77. The highest BCUT2D eigenvalue weighted by Gasteiger charge is 2.24. The Hall–Kier alpha value is -3.15. The van der Waals surface area contributed by atoms with Gasteiger partial charge in [-0.25, -0.2) is 0 Å². The highest BCUT2D eigenvalue weighted by atomic mass is 16.4. The van der Waals surface area contributed by atoms with Crippen LogP contribution in [0.1, 0.15) is 42.2 Å². The van der Waals surface area contributed by atoms with Crippen molar-refractivity contribution in [2.24, 2.45) is 5.92 Å². The Morgan fingerprint density at radius 3 is 2.00 bits per heavy atom. The number of rotatable bonds is 8. The van der Waals surface area contributed by atoms with Crippen LogP contribution in [-0.2, 0) is 9.59 Å². The lowest BCUT2D eigenvalue weighted by Crippen LogP contribution is -2.42. The molecule has 0 heterocycles. The zero-order valence-corrected chi connectivity index (χ0v) is 15.4. The third kappa shape index (κ3) is 5.95. The van der Waals surface area contributed by atoms with Gasteiger partial charge >= 0.3 is 5.97 Å². The van der Waals surface area contributed by atoms with E-state index in [2.05, 4.69) is 10.6 Å². The number of carbonyl (C=O) groups excluding carboxylic acids is 2. The molecule has 142 valence electrons. The fourth-order valence-corrected chi connectivity index (χ4v) is 2.61. The first-order chi connectivity index (χ1) is 12.9. The fourth-order valence-electron chi connectivity index (χ4n) is 2.61. The minimum atomic E-state index is -0.972. The first kappa shape index (κ1) is 20.2. The Balaban J connectivity index is 2.10. The number of amides is 2. The van der Waals surface area contributed by atoms with E-state index in [9.17, 15) is 14.4 Å². The molecule has 0 aliphatic carbocycles. The summed E-state index contributed by atoms with van der Waals surface area (Å²) in [6, 6.07) is 16.9. The van der Waals surface area contributed by atoms with Gasteiger partial charge in [0.2, 0.25) is 5.91 Å². The van der Waals surface area contributed by atoms with Gasteiger partial charge < -0.3 is 15.7 Å². The average Bonchev–Trinajstić information content (AvgIpc) is 2.67. The summed E-state index contributed by atoms with van der Waals surface area (Å²) in [5.41, 5.74) is 1.31. The summed E-state index contributed by atoms with van der Waals surface area (Å²) in [4.78, 5) is 36.0. The Labute approximate surface area is 158 Å². The van der Waals surface area contributed by atoms with Gasteiger partial charge in [-0.15, -0.1) is 0 Å². The van der Waals surface area contributed by atoms with Crippen molar-refractivity contribution in [3.8, 4) is 0 Å². The van der Waals surface area contributed by atoms with E-state index in [4.69, 9.17) is 5.11 Å². The van der Waals surface area contributed by atoms with Gasteiger partial charge in [-0.2, -0.15) is 0 Å². The van der Waals surface area contributed by atoms with E-state index in [0.717, 1.165) is 5.56 Å². The number of carboxylic acids is 1. The van der Waals surface area contributed by atoms with Gasteiger partial charge in [-0.3, -0.25) is 14.4 Å². The molecule has 0 aromatic heterocycles. The van der Waals surface area contributed by atoms with Crippen LogP contribution in [0.3, 0.4) is 0 Å². The normalized spacial score (nSPS) is 13.9. The molecule has 0 saturated heterocycles. The molecule has 3 atom stereocenters. The van der Waals surface area contributed by atoms with E-state index >= 15 is 0 Å². The molecule has 0 aliphatic heterocycles. The van der Waals surface area contributed by atoms with Gasteiger partial charge in [0.05, 0.1) is 18.4 Å². The molecule has 0 aliphatic rings. The number of nitrogens with one attached hydrogen (secondary N) is 2. The van der Waals surface area contributed by atoms with Crippen molar-refractivity contribution in [2.45, 2.75) is 32.4 Å². The summed E-state index contributed by atoms with van der Waals surface area (Å²) in [5, 5.41) is 14.7. The number of hydrogen-bond acceptors (Lipinski definition) is 3. The van der Waals surface area contributed by atoms with Crippen LogP contribution >= 0.6 is 0 Å². The number of carboxylic acid groups (broad SMARTS) is 1. The largest absolute Gasteiger partial charge is 0.481 e. The van der Waals surface area contributed by atoms with Crippen molar-refractivity contribution >= 4 is 17.8 Å². The average molecular weight is 368 g/mol. The van der Waals surface area contributed by atoms with Crippen LogP contribution in [0.5, 0.6) is 0 Å². The summed E-state index contributed by atoms with van der Waals surface area (Å²) in [7, 11) is 0. The van der Waals surface area contributed by atoms with Crippen molar-refractivity contribution in [3.05, 3.63) is 71.8 Å². The van der Waals surface area contributed by atoms with Crippen molar-refractivity contribution < 1.29 is 19.5 Å². The Morgan fingerprint density at radius 2 is 1.44 bits per heavy atom. The van der Waals surface area contributed by atoms with Gasteiger partial charge in [0.25, 0.3) is 5.91 Å². The predicted molar refractivity (Wildman–Crippen MR) is 102 cm³/mol. The second kappa shape index (κ2) is 9.52. The van der Waals surface area contributed by atoms with E-state index in [0.29, 0.717) is 5.56 Å². The van der Waals surface area contributed by atoms with Gasteiger partial charge in [-0.05, 0) is 31.5 Å². The molecule has 27 heavy (non-hydrogen) atoms. The number of aliphatic carboxylic acids is 1. The smallest absolute Gasteiger partial charge is 0.308 e. The molecule has 0 saturated carbocycles. The highest BCUT2D eigenvalue weighted by Crippen LogP contribution is 2.18. The maximum absolute atomic E-state index is 12.5. The van der Waals surface area contributed by atoms with E-state index in [1.807, 2.05) is 36.4 Å². The monoisotopic (exact) mass is 368 g/mol. The molecule has 0 radical (unpaired) electrons. The number of carbonyl (C=O) groups is 3. The Bertz CT molecular complexity index is 777. The summed E-state index contributed by atoms with van der Waals surface area (Å²) in [6.45, 7) is 3.19. The van der Waals surface area contributed by atoms with Crippen LogP contribution in [0, 0.1) is 5.92 Å². The van der Waals surface area contributed by atoms with Crippen molar-refractivity contribution in [1.29, 1.82) is 0 Å². The maximum atomic E-state index is 12.5. The molecule has 6 nitrogen and oxygen atoms in total. The zero-order valence-electron chi connectivity index (χ0n) is 15.4. The molecule has 0 bridgehead atoms. The Morgan fingerprint density at radius 1 is 0.889 bits per heavy atom. The van der Waals surface area contributed by atoms with Gasteiger partial charge in [0.15, 0.2) is 0 Å². The van der Waals surface area contributed by atoms with Crippen LogP contribution in [0.2, 0.25) is 0 Å². The first-order valence-electron chi connectivity index (χ1n) is 8.81. The summed E-state index contributed by atoms with van der Waals surface area (Å²) in [6.07, 6.45) is 0.0132. The van der Waals surface area contributed by atoms with E-state index in [1.165, 1.54) is 0 Å². The molecule has 2 aromatic carbocycles. The number of benzene rings is 2. The lowest BCUT2D eigenvalue weighted by molar-refractivity contribution is -0.142. The molecule has 0 fully saturated rings. The van der Waals surface area contributed by atoms with Crippen LogP contribution < -0.4 is 10.6 Å². The maximum Gasteiger partial charge on any atom is 0.308 e. The van der Waals surface area contributed by atoms with Crippen molar-refractivity contribution in [2.75, 3.05) is 0 Å². The van der Waals surface area contributed by atoms with Crippen LogP contribution in [0.25, 0.3) is 0 Å². The van der Waals surface area contributed by atoms with Crippen molar-refractivity contribution in [3.63, 3.8) is 0 Å². The fraction of sp³-hybridized carbons (Fsp3) is 0.286. The van der Waals surface area contributed by atoms with Gasteiger partial charge in [0, 0.05) is 11.6 Å². The highest BCUT2D eigenvalue weighted by molar-refractivity contribution is 5.94. The molecular weight excluding hydrogens is 344 g/mol. The van der Waals surface area contributed by atoms with Crippen LogP contribution in [-0.4, -0.2) is 28.9 Å². The lowest BCUT2D eigenvalue weighted by atomic mass is 10.0. The van der Waals surface area contributed by atoms with Gasteiger partial charge in [0.1, 0.15) is 0 Å². The first-order valence-corrected chi connectivity index (χ1v) is 8.81. The third-order valence-electron chi connectivity index (χ3n) is 4.46. The quantitative estimate of drug-likeness (QED) is 0.668. The third-order valence-corrected chi connectivity index (χ3v) is 4.46. The molecule has 2 rings (SSSR count). The number of hydrogen-bond donors (Lipinski definition) is 3. The standard InChI is InChI=1S/C21H24N2O4/c1-14(21(26)27)15(2)22-19(24)13-18(16-9-5-3-6-10-16)23-20(25)17-11-7-4-8-12-17/h3-12,14-15,18H,13H2,1-2H3,(H,22,24)(H,23,25)(H,26,27). The van der Waals surface area contributed by atoms with Crippen LogP contribution in [0.15, 0.2) is 60.7 Å². The minimum absolute atomic E-state index is 0.0132. The van der Waals surface area contributed by atoms with E-state index in [1.54, 1.807) is 38.1 Å². The summed E-state index contributed by atoms with van der Waals surface area (Å²) < 4.78 is 0. The zero-order chi connectivity index (χ0) is 19.8. The van der Waals surface area contributed by atoms with Crippen LogP contribution in [0.4, 0.5) is 0 Å².